The van der Waals surface area contributed by atoms with E-state index in [0.717, 1.165) is 11.0 Å². The molecule has 1 fully saturated rings. The van der Waals surface area contributed by atoms with Gasteiger partial charge in [-0.15, -0.1) is 0 Å². The van der Waals surface area contributed by atoms with Crippen molar-refractivity contribution >= 4 is 15.9 Å². The molecule has 1 saturated heterocycles. The first kappa shape index (κ1) is 18.6. The molecule has 2 aromatic rings. The summed E-state index contributed by atoms with van der Waals surface area (Å²) in [5.74, 6) is 0. The van der Waals surface area contributed by atoms with Crippen LogP contribution in [-0.2, 0) is 11.3 Å². The Kier molecular flexibility index (Phi) is 6.69. The number of halogens is 1. The number of aryl methyl sites for hydroxylation is 2. The van der Waals surface area contributed by atoms with Crippen LogP contribution in [0.4, 0.5) is 0 Å². The van der Waals surface area contributed by atoms with Gasteiger partial charge in [-0.1, -0.05) is 52.7 Å². The van der Waals surface area contributed by atoms with Gasteiger partial charge in [-0.2, -0.15) is 0 Å². The summed E-state index contributed by atoms with van der Waals surface area (Å²) < 4.78 is 7.57. The van der Waals surface area contributed by atoms with E-state index in [0.29, 0.717) is 6.61 Å². The van der Waals surface area contributed by atoms with Crippen molar-refractivity contribution in [2.45, 2.75) is 45.8 Å². The highest BCUT2D eigenvalue weighted by molar-refractivity contribution is 9.10. The van der Waals surface area contributed by atoms with Crippen LogP contribution in [0.5, 0.6) is 0 Å². The molecule has 2 nitrogen and oxygen atoms in total. The molecule has 0 bridgehead atoms. The summed E-state index contributed by atoms with van der Waals surface area (Å²) in [7, 11) is 0. The second-order valence-corrected chi connectivity index (χ2v) is 8.01. The van der Waals surface area contributed by atoms with E-state index < -0.39 is 0 Å². The predicted molar refractivity (Wildman–Crippen MR) is 108 cm³/mol. The number of hydrogen-bond acceptors (Lipinski definition) is 2. The van der Waals surface area contributed by atoms with Crippen molar-refractivity contribution in [3.05, 3.63) is 69.2 Å². The summed E-state index contributed by atoms with van der Waals surface area (Å²) in [6.07, 6.45) is 4.12. The van der Waals surface area contributed by atoms with Crippen LogP contribution in [0.15, 0.2) is 46.9 Å². The minimum absolute atomic E-state index is 0.128. The van der Waals surface area contributed by atoms with Crippen LogP contribution in [0, 0.1) is 13.8 Å². The van der Waals surface area contributed by atoms with Crippen molar-refractivity contribution in [2.24, 2.45) is 0 Å². The molecule has 3 heteroatoms. The van der Waals surface area contributed by atoms with E-state index in [2.05, 4.69) is 77.1 Å². The second-order valence-electron chi connectivity index (χ2n) is 7.09. The highest BCUT2D eigenvalue weighted by atomic mass is 79.9. The molecule has 1 aliphatic rings. The first-order valence-electron chi connectivity index (χ1n) is 9.28. The van der Waals surface area contributed by atoms with E-state index in [1.54, 1.807) is 0 Å². The van der Waals surface area contributed by atoms with E-state index >= 15 is 0 Å². The van der Waals surface area contributed by atoms with Crippen LogP contribution >= 0.6 is 15.9 Å². The number of nitrogens with zero attached hydrogens (tertiary/aromatic N) is 1. The lowest BCUT2D eigenvalue weighted by Crippen LogP contribution is -2.34. The smallest absolute Gasteiger partial charge is 0.0961 e. The van der Waals surface area contributed by atoms with Crippen LogP contribution in [0.2, 0.25) is 0 Å². The zero-order valence-electron chi connectivity index (χ0n) is 15.3. The molecule has 1 atom stereocenters. The minimum atomic E-state index is 0.128. The lowest BCUT2D eigenvalue weighted by Gasteiger charge is -2.32. The largest absolute Gasteiger partial charge is 0.367 e. The van der Waals surface area contributed by atoms with E-state index in [-0.39, 0.29) is 6.10 Å². The molecule has 0 spiro atoms. The Morgan fingerprint density at radius 1 is 0.960 bits per heavy atom. The zero-order valence-corrected chi connectivity index (χ0v) is 16.9. The fourth-order valence-electron chi connectivity index (χ4n) is 3.72. The SMILES string of the molecule is Cc1cccc(C)c1C(CN1CCCCC1)OCc1ccc(Br)cc1. The number of piperidine rings is 1. The summed E-state index contributed by atoms with van der Waals surface area (Å²) in [5.41, 5.74) is 5.25. The van der Waals surface area contributed by atoms with Crippen molar-refractivity contribution in [2.75, 3.05) is 19.6 Å². The van der Waals surface area contributed by atoms with Crippen molar-refractivity contribution in [1.29, 1.82) is 0 Å². The molecule has 1 heterocycles. The number of likely N-dealkylation sites (tertiary alicyclic amines) is 1. The van der Waals surface area contributed by atoms with Crippen molar-refractivity contribution in [3.63, 3.8) is 0 Å². The Bertz CT molecular complexity index is 657. The Morgan fingerprint density at radius 2 is 1.60 bits per heavy atom. The Labute approximate surface area is 160 Å². The number of benzene rings is 2. The van der Waals surface area contributed by atoms with Gasteiger partial charge in [0.15, 0.2) is 0 Å². The normalized spacial score (nSPS) is 16.8. The van der Waals surface area contributed by atoms with Crippen molar-refractivity contribution < 1.29 is 4.74 Å². The monoisotopic (exact) mass is 401 g/mol. The van der Waals surface area contributed by atoms with E-state index in [9.17, 15) is 0 Å². The van der Waals surface area contributed by atoms with Crippen LogP contribution in [0.3, 0.4) is 0 Å². The van der Waals surface area contributed by atoms with Gasteiger partial charge in [0.1, 0.15) is 0 Å². The van der Waals surface area contributed by atoms with Gasteiger partial charge < -0.3 is 9.64 Å². The van der Waals surface area contributed by atoms with E-state index in [1.165, 1.54) is 54.6 Å². The van der Waals surface area contributed by atoms with E-state index in [1.807, 2.05) is 0 Å². The molecule has 1 unspecified atom stereocenters. The lowest BCUT2D eigenvalue weighted by molar-refractivity contribution is 0.00929. The minimum Gasteiger partial charge on any atom is -0.367 e. The molecule has 0 amide bonds. The second kappa shape index (κ2) is 8.98. The van der Waals surface area contributed by atoms with Gasteiger partial charge in [-0.3, -0.25) is 0 Å². The molecule has 0 radical (unpaired) electrons. The topological polar surface area (TPSA) is 12.5 Å². The van der Waals surface area contributed by atoms with Crippen LogP contribution in [-0.4, -0.2) is 24.5 Å². The molecular weight excluding hydrogens is 374 g/mol. The molecule has 2 aromatic carbocycles. The van der Waals surface area contributed by atoms with Gasteiger partial charge in [0.2, 0.25) is 0 Å². The standard InChI is InChI=1S/C22H28BrNO/c1-17-7-6-8-18(2)22(17)21(15-24-13-4-3-5-14-24)25-16-19-9-11-20(23)12-10-19/h6-12,21H,3-5,13-16H2,1-2H3. The summed E-state index contributed by atoms with van der Waals surface area (Å²) in [5, 5.41) is 0. The third-order valence-electron chi connectivity index (χ3n) is 5.10. The summed E-state index contributed by atoms with van der Waals surface area (Å²) in [6, 6.07) is 15.0. The molecular formula is C22H28BrNO. The summed E-state index contributed by atoms with van der Waals surface area (Å²) >= 11 is 3.50. The lowest BCUT2D eigenvalue weighted by atomic mass is 9.97. The average molecular weight is 402 g/mol. The summed E-state index contributed by atoms with van der Waals surface area (Å²) in [4.78, 5) is 2.57. The zero-order chi connectivity index (χ0) is 17.6. The van der Waals surface area contributed by atoms with Gasteiger partial charge in [0.25, 0.3) is 0 Å². The maximum Gasteiger partial charge on any atom is 0.0961 e. The van der Waals surface area contributed by atoms with Gasteiger partial charge >= 0.3 is 0 Å². The van der Waals surface area contributed by atoms with Gasteiger partial charge in [0, 0.05) is 11.0 Å². The first-order valence-corrected chi connectivity index (χ1v) is 10.1. The Hall–Kier alpha value is -1.16. The highest BCUT2D eigenvalue weighted by Gasteiger charge is 2.21. The maximum absolute atomic E-state index is 6.46. The van der Waals surface area contributed by atoms with Crippen LogP contribution < -0.4 is 0 Å². The fourth-order valence-corrected chi connectivity index (χ4v) is 3.98. The third-order valence-corrected chi connectivity index (χ3v) is 5.63. The molecule has 1 aliphatic heterocycles. The Balaban J connectivity index is 1.76. The van der Waals surface area contributed by atoms with Crippen molar-refractivity contribution in [1.82, 2.24) is 4.90 Å². The third kappa shape index (κ3) is 5.16. The molecule has 0 N–H and O–H groups in total. The van der Waals surface area contributed by atoms with Gasteiger partial charge in [-0.05, 0) is 74.2 Å². The van der Waals surface area contributed by atoms with Gasteiger partial charge in [-0.25, -0.2) is 0 Å². The molecule has 0 aliphatic carbocycles. The first-order chi connectivity index (χ1) is 12.1. The number of ether oxygens (including phenoxy) is 1. The van der Waals surface area contributed by atoms with Gasteiger partial charge in [0.05, 0.1) is 12.7 Å². The Morgan fingerprint density at radius 3 is 2.24 bits per heavy atom. The van der Waals surface area contributed by atoms with Crippen LogP contribution in [0.1, 0.15) is 47.6 Å². The predicted octanol–water partition coefficient (Wildman–Crippen LogP) is 5.81. The maximum atomic E-state index is 6.46. The van der Waals surface area contributed by atoms with Crippen LogP contribution in [0.25, 0.3) is 0 Å². The van der Waals surface area contributed by atoms with Crippen molar-refractivity contribution in [3.8, 4) is 0 Å². The molecule has 25 heavy (non-hydrogen) atoms. The van der Waals surface area contributed by atoms with E-state index in [4.69, 9.17) is 4.74 Å². The number of rotatable bonds is 6. The number of hydrogen-bond donors (Lipinski definition) is 0. The molecule has 0 saturated carbocycles. The summed E-state index contributed by atoms with van der Waals surface area (Å²) in [6.45, 7) is 8.44. The molecule has 134 valence electrons. The quantitative estimate of drug-likeness (QED) is 0.605. The average Bonchev–Trinajstić information content (AvgIpc) is 2.61. The fraction of sp³-hybridized carbons (Fsp3) is 0.455. The molecule has 3 rings (SSSR count). The molecule has 0 aromatic heterocycles. The highest BCUT2D eigenvalue weighted by Crippen LogP contribution is 2.28.